The third kappa shape index (κ3) is 2.13. The van der Waals surface area contributed by atoms with E-state index in [1.54, 1.807) is 6.20 Å². The van der Waals surface area contributed by atoms with E-state index in [4.69, 9.17) is 4.74 Å². The summed E-state index contributed by atoms with van der Waals surface area (Å²) in [6, 6.07) is 0. The zero-order chi connectivity index (χ0) is 11.8. The van der Waals surface area contributed by atoms with Gasteiger partial charge >= 0.3 is 0 Å². The maximum Gasteiger partial charge on any atom is 0.0975 e. The first-order valence-corrected chi connectivity index (χ1v) is 5.84. The van der Waals surface area contributed by atoms with Crippen LogP contribution < -0.4 is 0 Å². The molecule has 1 saturated heterocycles. The highest BCUT2D eigenvalue weighted by molar-refractivity contribution is 5.17. The second-order valence-electron chi connectivity index (χ2n) is 5.15. The Morgan fingerprint density at radius 1 is 1.56 bits per heavy atom. The molecule has 0 aliphatic carbocycles. The number of nitrogens with zero attached hydrogens (tertiary/aromatic N) is 2. The van der Waals surface area contributed by atoms with E-state index in [2.05, 4.69) is 5.10 Å². The Balaban J connectivity index is 2.24. The van der Waals surface area contributed by atoms with Gasteiger partial charge in [-0.3, -0.25) is 4.68 Å². The van der Waals surface area contributed by atoms with Crippen molar-refractivity contribution in [2.24, 2.45) is 0 Å². The molecule has 1 aromatic rings. The van der Waals surface area contributed by atoms with E-state index in [0.717, 1.165) is 12.1 Å². The van der Waals surface area contributed by atoms with Crippen molar-refractivity contribution in [2.75, 3.05) is 6.61 Å². The van der Waals surface area contributed by atoms with Crippen LogP contribution in [0.3, 0.4) is 0 Å². The predicted octanol–water partition coefficient (Wildman–Crippen LogP) is 1.68. The molecule has 16 heavy (non-hydrogen) atoms. The van der Waals surface area contributed by atoms with Gasteiger partial charge in [0.1, 0.15) is 0 Å². The van der Waals surface area contributed by atoms with Gasteiger partial charge in [-0.1, -0.05) is 0 Å². The average Bonchev–Trinajstić information content (AvgIpc) is 2.64. The molecule has 1 N–H and O–H groups in total. The molecule has 0 spiro atoms. The standard InChI is InChI=1S/C12H20N2O2/c1-4-14-8-10(7-13-14)12(15)5-6-16-11(2,3)9-12/h7-8,15H,4-6,9H2,1-3H3. The first kappa shape index (κ1) is 11.6. The Hall–Kier alpha value is -0.870. The van der Waals surface area contributed by atoms with E-state index in [1.165, 1.54) is 0 Å². The SMILES string of the molecule is CCn1cc(C2(O)CCOC(C)(C)C2)cn1. The molecule has 1 aliphatic heterocycles. The summed E-state index contributed by atoms with van der Waals surface area (Å²) < 4.78 is 7.47. The molecule has 4 heteroatoms. The van der Waals surface area contributed by atoms with Crippen molar-refractivity contribution >= 4 is 0 Å². The molecule has 1 aliphatic rings. The highest BCUT2D eigenvalue weighted by Crippen LogP contribution is 2.38. The lowest BCUT2D eigenvalue weighted by atomic mass is 9.80. The monoisotopic (exact) mass is 224 g/mol. The minimum absolute atomic E-state index is 0.263. The fourth-order valence-corrected chi connectivity index (χ4v) is 2.36. The summed E-state index contributed by atoms with van der Waals surface area (Å²) in [6.45, 7) is 7.49. The van der Waals surface area contributed by atoms with Crippen LogP contribution >= 0.6 is 0 Å². The Kier molecular flexibility index (Phi) is 2.80. The van der Waals surface area contributed by atoms with Crippen LogP contribution in [-0.2, 0) is 16.9 Å². The van der Waals surface area contributed by atoms with Gasteiger partial charge in [-0.15, -0.1) is 0 Å². The Labute approximate surface area is 96.2 Å². The molecule has 2 rings (SSSR count). The molecule has 1 fully saturated rings. The molecule has 4 nitrogen and oxygen atoms in total. The molecule has 0 saturated carbocycles. The molecule has 2 heterocycles. The van der Waals surface area contributed by atoms with Crippen LogP contribution in [0.2, 0.25) is 0 Å². The second-order valence-corrected chi connectivity index (χ2v) is 5.15. The number of ether oxygens (including phenoxy) is 1. The van der Waals surface area contributed by atoms with Gasteiger partial charge in [0, 0.05) is 31.1 Å². The van der Waals surface area contributed by atoms with Crippen LogP contribution in [0.5, 0.6) is 0 Å². The zero-order valence-corrected chi connectivity index (χ0v) is 10.2. The van der Waals surface area contributed by atoms with E-state index < -0.39 is 5.60 Å². The van der Waals surface area contributed by atoms with Crippen molar-refractivity contribution in [1.82, 2.24) is 9.78 Å². The molecule has 0 amide bonds. The molecule has 0 bridgehead atoms. The largest absolute Gasteiger partial charge is 0.385 e. The molecular formula is C12H20N2O2. The summed E-state index contributed by atoms with van der Waals surface area (Å²) in [6.07, 6.45) is 4.97. The van der Waals surface area contributed by atoms with Crippen molar-refractivity contribution in [3.05, 3.63) is 18.0 Å². The molecule has 1 atom stereocenters. The lowest BCUT2D eigenvalue weighted by Crippen LogP contribution is -2.43. The van der Waals surface area contributed by atoms with Crippen LogP contribution in [0, 0.1) is 0 Å². The quantitative estimate of drug-likeness (QED) is 0.831. The third-order valence-electron chi connectivity index (χ3n) is 3.22. The van der Waals surface area contributed by atoms with Crippen LogP contribution in [0.1, 0.15) is 39.2 Å². The van der Waals surface area contributed by atoms with Crippen LogP contribution in [0.4, 0.5) is 0 Å². The number of aryl methyl sites for hydroxylation is 1. The zero-order valence-electron chi connectivity index (χ0n) is 10.2. The van der Waals surface area contributed by atoms with Gasteiger partial charge in [0.25, 0.3) is 0 Å². The number of aromatic nitrogens is 2. The van der Waals surface area contributed by atoms with E-state index in [0.29, 0.717) is 19.4 Å². The van der Waals surface area contributed by atoms with Gasteiger partial charge < -0.3 is 9.84 Å². The molecule has 1 aromatic heterocycles. The summed E-state index contributed by atoms with van der Waals surface area (Å²) >= 11 is 0. The van der Waals surface area contributed by atoms with Crippen LogP contribution in [0.25, 0.3) is 0 Å². The van der Waals surface area contributed by atoms with Gasteiger partial charge in [0.2, 0.25) is 0 Å². The van der Waals surface area contributed by atoms with Gasteiger partial charge in [-0.2, -0.15) is 5.10 Å². The van der Waals surface area contributed by atoms with E-state index >= 15 is 0 Å². The normalized spacial score (nSPS) is 29.2. The number of hydrogen-bond donors (Lipinski definition) is 1. The molecule has 90 valence electrons. The summed E-state index contributed by atoms with van der Waals surface area (Å²) in [5, 5.41) is 14.9. The fraction of sp³-hybridized carbons (Fsp3) is 0.750. The van der Waals surface area contributed by atoms with Gasteiger partial charge in [0.15, 0.2) is 0 Å². The molecule has 0 aromatic carbocycles. The number of hydrogen-bond acceptors (Lipinski definition) is 3. The summed E-state index contributed by atoms with van der Waals surface area (Å²) in [4.78, 5) is 0. The molecular weight excluding hydrogens is 204 g/mol. The lowest BCUT2D eigenvalue weighted by molar-refractivity contribution is -0.148. The van der Waals surface area contributed by atoms with Crippen molar-refractivity contribution in [3.63, 3.8) is 0 Å². The van der Waals surface area contributed by atoms with Crippen molar-refractivity contribution in [3.8, 4) is 0 Å². The first-order valence-electron chi connectivity index (χ1n) is 5.84. The summed E-state index contributed by atoms with van der Waals surface area (Å²) in [5.41, 5.74) is -0.137. The van der Waals surface area contributed by atoms with E-state index in [-0.39, 0.29) is 5.60 Å². The Bertz CT molecular complexity index is 373. The highest BCUT2D eigenvalue weighted by atomic mass is 16.5. The number of aliphatic hydroxyl groups is 1. The Morgan fingerprint density at radius 2 is 2.31 bits per heavy atom. The van der Waals surface area contributed by atoms with Gasteiger partial charge in [0.05, 0.1) is 24.0 Å². The minimum atomic E-state index is -0.783. The van der Waals surface area contributed by atoms with Crippen LogP contribution in [0.15, 0.2) is 12.4 Å². The second kappa shape index (κ2) is 3.86. The van der Waals surface area contributed by atoms with E-state index in [1.807, 2.05) is 31.6 Å². The maximum atomic E-state index is 10.7. The van der Waals surface area contributed by atoms with Gasteiger partial charge in [-0.05, 0) is 20.8 Å². The highest BCUT2D eigenvalue weighted by Gasteiger charge is 2.41. The summed E-state index contributed by atoms with van der Waals surface area (Å²) in [5.74, 6) is 0. The van der Waals surface area contributed by atoms with E-state index in [9.17, 15) is 5.11 Å². The van der Waals surface area contributed by atoms with Crippen molar-refractivity contribution in [2.45, 2.75) is 51.4 Å². The minimum Gasteiger partial charge on any atom is -0.385 e. The number of rotatable bonds is 2. The first-order chi connectivity index (χ1) is 7.45. The van der Waals surface area contributed by atoms with Crippen molar-refractivity contribution in [1.29, 1.82) is 0 Å². The predicted molar refractivity (Wildman–Crippen MR) is 61.1 cm³/mol. The molecule has 0 radical (unpaired) electrons. The average molecular weight is 224 g/mol. The topological polar surface area (TPSA) is 47.3 Å². The maximum absolute atomic E-state index is 10.7. The van der Waals surface area contributed by atoms with Gasteiger partial charge in [-0.25, -0.2) is 0 Å². The lowest BCUT2D eigenvalue weighted by Gasteiger charge is -2.41. The molecule has 1 unspecified atom stereocenters. The smallest absolute Gasteiger partial charge is 0.0975 e. The third-order valence-corrected chi connectivity index (χ3v) is 3.22. The summed E-state index contributed by atoms with van der Waals surface area (Å²) in [7, 11) is 0. The fourth-order valence-electron chi connectivity index (χ4n) is 2.36. The van der Waals surface area contributed by atoms with Crippen LogP contribution in [-0.4, -0.2) is 27.1 Å². The Morgan fingerprint density at radius 3 is 2.88 bits per heavy atom. The van der Waals surface area contributed by atoms with Crippen molar-refractivity contribution < 1.29 is 9.84 Å².